The third kappa shape index (κ3) is 3.87. The summed E-state index contributed by atoms with van der Waals surface area (Å²) in [4.78, 5) is 20.9. The van der Waals surface area contributed by atoms with Crippen molar-refractivity contribution in [3.63, 3.8) is 0 Å². The van der Waals surface area contributed by atoms with Crippen LogP contribution in [0.1, 0.15) is 15.9 Å². The van der Waals surface area contributed by atoms with E-state index in [0.717, 1.165) is 38.5 Å². The molecule has 5 nitrogen and oxygen atoms in total. The third-order valence-corrected chi connectivity index (χ3v) is 4.13. The minimum atomic E-state index is 0.0914. The first-order valence-electron chi connectivity index (χ1n) is 7.81. The fraction of sp³-hybridized carbons (Fsp3) is 0.333. The van der Waals surface area contributed by atoms with Crippen molar-refractivity contribution >= 4 is 5.91 Å². The van der Waals surface area contributed by atoms with Crippen molar-refractivity contribution in [3.8, 4) is 5.75 Å². The number of nitrogens with zero attached hydrogens (tertiary/aromatic N) is 3. The summed E-state index contributed by atoms with van der Waals surface area (Å²) in [6.07, 6.45) is 3.68. The number of piperazine rings is 1. The van der Waals surface area contributed by atoms with E-state index in [1.165, 1.54) is 5.56 Å². The van der Waals surface area contributed by atoms with Crippen molar-refractivity contribution in [2.75, 3.05) is 33.3 Å². The van der Waals surface area contributed by atoms with Gasteiger partial charge in [-0.3, -0.25) is 14.7 Å². The van der Waals surface area contributed by atoms with Crippen LogP contribution in [0.15, 0.2) is 48.8 Å². The summed E-state index contributed by atoms with van der Waals surface area (Å²) in [6, 6.07) is 11.3. The largest absolute Gasteiger partial charge is 0.497 e. The maximum atomic E-state index is 12.5. The van der Waals surface area contributed by atoms with E-state index in [0.29, 0.717) is 5.56 Å². The topological polar surface area (TPSA) is 45.7 Å². The molecule has 0 radical (unpaired) electrons. The van der Waals surface area contributed by atoms with E-state index in [4.69, 9.17) is 4.74 Å². The van der Waals surface area contributed by atoms with Gasteiger partial charge < -0.3 is 9.64 Å². The first-order valence-corrected chi connectivity index (χ1v) is 7.81. The number of ether oxygens (including phenoxy) is 1. The van der Waals surface area contributed by atoms with E-state index in [1.54, 1.807) is 13.3 Å². The number of carbonyl (C=O) groups excluding carboxylic acids is 1. The average molecular weight is 311 g/mol. The van der Waals surface area contributed by atoms with Crippen LogP contribution in [0.5, 0.6) is 5.75 Å². The Morgan fingerprint density at radius 3 is 2.48 bits per heavy atom. The molecule has 0 unspecified atom stereocenters. The Hall–Kier alpha value is -2.40. The van der Waals surface area contributed by atoms with Crippen LogP contribution >= 0.6 is 0 Å². The number of rotatable bonds is 4. The molecule has 0 spiro atoms. The lowest BCUT2D eigenvalue weighted by atomic mass is 10.1. The maximum Gasteiger partial charge on any atom is 0.253 e. The van der Waals surface area contributed by atoms with Gasteiger partial charge in [-0.2, -0.15) is 0 Å². The third-order valence-electron chi connectivity index (χ3n) is 4.13. The molecule has 0 atom stereocenters. The van der Waals surface area contributed by atoms with Crippen molar-refractivity contribution in [3.05, 3.63) is 59.9 Å². The number of hydrogen-bond acceptors (Lipinski definition) is 4. The lowest BCUT2D eigenvalue weighted by Gasteiger charge is -2.34. The second-order valence-electron chi connectivity index (χ2n) is 5.66. The summed E-state index contributed by atoms with van der Waals surface area (Å²) < 4.78 is 5.13. The molecule has 1 aliphatic heterocycles. The summed E-state index contributed by atoms with van der Waals surface area (Å²) in [5, 5.41) is 0. The van der Waals surface area contributed by atoms with Gasteiger partial charge in [0.2, 0.25) is 0 Å². The van der Waals surface area contributed by atoms with Crippen molar-refractivity contribution < 1.29 is 9.53 Å². The van der Waals surface area contributed by atoms with Gasteiger partial charge in [-0.1, -0.05) is 6.07 Å². The highest BCUT2D eigenvalue weighted by molar-refractivity contribution is 5.94. The molecule has 1 fully saturated rings. The smallest absolute Gasteiger partial charge is 0.253 e. The molecule has 0 saturated carbocycles. The van der Waals surface area contributed by atoms with Crippen molar-refractivity contribution in [1.29, 1.82) is 0 Å². The highest BCUT2D eigenvalue weighted by Gasteiger charge is 2.22. The van der Waals surface area contributed by atoms with Crippen LogP contribution in [0, 0.1) is 0 Å². The molecule has 0 aliphatic carbocycles. The second-order valence-corrected chi connectivity index (χ2v) is 5.66. The Balaban J connectivity index is 1.54. The molecule has 0 N–H and O–H groups in total. The molecule has 23 heavy (non-hydrogen) atoms. The Bertz CT molecular complexity index is 635. The summed E-state index contributed by atoms with van der Waals surface area (Å²) in [5.74, 6) is 0.858. The van der Waals surface area contributed by atoms with Gasteiger partial charge in [0, 0.05) is 50.7 Å². The van der Waals surface area contributed by atoms with Crippen LogP contribution in [0.4, 0.5) is 0 Å². The zero-order valence-corrected chi connectivity index (χ0v) is 13.3. The number of amides is 1. The van der Waals surface area contributed by atoms with E-state index in [-0.39, 0.29) is 5.91 Å². The Kier molecular flexibility index (Phi) is 4.88. The monoisotopic (exact) mass is 311 g/mol. The lowest BCUT2D eigenvalue weighted by molar-refractivity contribution is 0.0628. The van der Waals surface area contributed by atoms with E-state index in [9.17, 15) is 4.79 Å². The first kappa shape index (κ1) is 15.5. The molecule has 120 valence electrons. The second kappa shape index (κ2) is 7.24. The highest BCUT2D eigenvalue weighted by Crippen LogP contribution is 2.15. The summed E-state index contributed by atoms with van der Waals surface area (Å²) >= 11 is 0. The number of aromatic nitrogens is 1. The van der Waals surface area contributed by atoms with E-state index >= 15 is 0 Å². The molecule has 5 heteroatoms. The zero-order valence-electron chi connectivity index (χ0n) is 13.3. The minimum absolute atomic E-state index is 0.0914. The van der Waals surface area contributed by atoms with Crippen LogP contribution in [-0.2, 0) is 6.54 Å². The molecular weight excluding hydrogens is 290 g/mol. The van der Waals surface area contributed by atoms with Crippen molar-refractivity contribution in [2.45, 2.75) is 6.54 Å². The molecule has 2 aromatic rings. The van der Waals surface area contributed by atoms with Gasteiger partial charge in [-0.15, -0.1) is 0 Å². The Morgan fingerprint density at radius 2 is 1.87 bits per heavy atom. The number of pyridine rings is 1. The molecule has 1 aromatic heterocycles. The molecule has 0 bridgehead atoms. The summed E-state index contributed by atoms with van der Waals surface area (Å²) in [7, 11) is 1.62. The first-order chi connectivity index (χ1) is 11.3. The predicted molar refractivity (Wildman–Crippen MR) is 88.4 cm³/mol. The van der Waals surface area contributed by atoms with Gasteiger partial charge in [-0.25, -0.2) is 0 Å². The van der Waals surface area contributed by atoms with Crippen molar-refractivity contribution in [1.82, 2.24) is 14.8 Å². The van der Waals surface area contributed by atoms with Crippen LogP contribution < -0.4 is 4.74 Å². The molecule has 2 heterocycles. The molecular formula is C18H21N3O2. The summed E-state index contributed by atoms with van der Waals surface area (Å²) in [5.41, 5.74) is 1.92. The summed E-state index contributed by atoms with van der Waals surface area (Å²) in [6.45, 7) is 4.17. The minimum Gasteiger partial charge on any atom is -0.497 e. The van der Waals surface area contributed by atoms with E-state index in [2.05, 4.69) is 16.0 Å². The van der Waals surface area contributed by atoms with Gasteiger partial charge in [0.05, 0.1) is 7.11 Å². The highest BCUT2D eigenvalue weighted by atomic mass is 16.5. The zero-order chi connectivity index (χ0) is 16.1. The fourth-order valence-corrected chi connectivity index (χ4v) is 2.78. The van der Waals surface area contributed by atoms with Crippen molar-refractivity contribution in [2.24, 2.45) is 0 Å². The Morgan fingerprint density at radius 1 is 1.13 bits per heavy atom. The quantitative estimate of drug-likeness (QED) is 0.867. The fourth-order valence-electron chi connectivity index (χ4n) is 2.78. The number of hydrogen-bond donors (Lipinski definition) is 0. The predicted octanol–water partition coefficient (Wildman–Crippen LogP) is 2.05. The molecule has 1 amide bonds. The number of methoxy groups -OCH3 is 1. The Labute approximate surface area is 136 Å². The molecule has 1 aliphatic rings. The normalized spacial score (nSPS) is 15.4. The van der Waals surface area contributed by atoms with Gasteiger partial charge in [0.15, 0.2) is 0 Å². The number of carbonyl (C=O) groups is 1. The standard InChI is InChI=1S/C18H21N3O2/c1-23-17-6-4-16(5-7-17)18(22)21-11-9-20(10-12-21)14-15-3-2-8-19-13-15/h2-8,13H,9-12,14H2,1H3. The molecule has 1 saturated heterocycles. The lowest BCUT2D eigenvalue weighted by Crippen LogP contribution is -2.48. The van der Waals surface area contributed by atoms with E-state index < -0.39 is 0 Å². The van der Waals surface area contributed by atoms with Crippen LogP contribution in [0.2, 0.25) is 0 Å². The van der Waals surface area contributed by atoms with Gasteiger partial charge >= 0.3 is 0 Å². The van der Waals surface area contributed by atoms with Gasteiger partial charge in [0.25, 0.3) is 5.91 Å². The average Bonchev–Trinajstić information content (AvgIpc) is 2.63. The maximum absolute atomic E-state index is 12.5. The van der Waals surface area contributed by atoms with Crippen LogP contribution in [0.3, 0.4) is 0 Å². The van der Waals surface area contributed by atoms with Crippen LogP contribution in [-0.4, -0.2) is 54.0 Å². The SMILES string of the molecule is COc1ccc(C(=O)N2CCN(Cc3cccnc3)CC2)cc1. The van der Waals surface area contributed by atoms with Gasteiger partial charge in [-0.05, 0) is 35.9 Å². The van der Waals surface area contributed by atoms with Gasteiger partial charge in [0.1, 0.15) is 5.75 Å². The number of benzene rings is 1. The molecule has 1 aromatic carbocycles. The van der Waals surface area contributed by atoms with E-state index in [1.807, 2.05) is 41.4 Å². The van der Waals surface area contributed by atoms with Crippen LogP contribution in [0.25, 0.3) is 0 Å². The molecule has 3 rings (SSSR count).